The van der Waals surface area contributed by atoms with Crippen molar-refractivity contribution in [3.63, 3.8) is 0 Å². The molecule has 2 rings (SSSR count). The van der Waals surface area contributed by atoms with E-state index in [1.807, 2.05) is 16.3 Å². The molecule has 0 radical (unpaired) electrons. The van der Waals surface area contributed by atoms with Gasteiger partial charge in [0.15, 0.2) is 0 Å². The number of urea groups is 1. The lowest BCUT2D eigenvalue weighted by Crippen LogP contribution is -2.38. The van der Waals surface area contributed by atoms with E-state index in [1.54, 1.807) is 18.4 Å². The monoisotopic (exact) mass is 210 g/mol. The molecule has 0 bridgehead atoms. The van der Waals surface area contributed by atoms with Crippen LogP contribution < -0.4 is 5.32 Å². The van der Waals surface area contributed by atoms with Crippen LogP contribution in [0.4, 0.5) is 4.79 Å². The van der Waals surface area contributed by atoms with Crippen LogP contribution in [0.1, 0.15) is 17.7 Å². The summed E-state index contributed by atoms with van der Waals surface area (Å²) in [5.74, 6) is 0. The zero-order chi connectivity index (χ0) is 9.97. The quantitative estimate of drug-likeness (QED) is 0.813. The van der Waals surface area contributed by atoms with Gasteiger partial charge in [-0.2, -0.15) is 0 Å². The predicted octanol–water partition coefficient (Wildman–Crippen LogP) is 2.05. The minimum Gasteiger partial charge on any atom is -0.341 e. The lowest BCUT2D eigenvalue weighted by molar-refractivity contribution is 0.195. The molecule has 1 saturated carbocycles. The fraction of sp³-hybridized carbons (Fsp3) is 0.500. The van der Waals surface area contributed by atoms with Crippen molar-refractivity contribution < 1.29 is 4.79 Å². The number of amides is 2. The molecule has 1 aromatic heterocycles. The van der Waals surface area contributed by atoms with Crippen molar-refractivity contribution in [1.29, 1.82) is 0 Å². The highest BCUT2D eigenvalue weighted by Crippen LogP contribution is 2.29. The molecule has 1 N–H and O–H groups in total. The normalized spacial score (nSPS) is 15.2. The van der Waals surface area contributed by atoms with Crippen LogP contribution in [0.3, 0.4) is 0 Å². The van der Waals surface area contributed by atoms with E-state index in [9.17, 15) is 4.79 Å². The Kier molecular flexibility index (Phi) is 2.72. The number of hydrogen-bond acceptors (Lipinski definition) is 2. The second-order valence-electron chi connectivity index (χ2n) is 3.49. The Bertz CT molecular complexity index is 306. The molecule has 14 heavy (non-hydrogen) atoms. The van der Waals surface area contributed by atoms with Crippen molar-refractivity contribution in [3.8, 4) is 0 Å². The van der Waals surface area contributed by atoms with Crippen LogP contribution in [0.5, 0.6) is 0 Å². The molecule has 1 aliphatic rings. The maximum absolute atomic E-state index is 11.5. The van der Waals surface area contributed by atoms with Crippen LogP contribution in [0, 0.1) is 0 Å². The van der Waals surface area contributed by atoms with Gasteiger partial charge in [0.05, 0.1) is 6.54 Å². The third-order valence-corrected chi connectivity index (χ3v) is 3.23. The van der Waals surface area contributed by atoms with E-state index in [-0.39, 0.29) is 6.03 Å². The minimum absolute atomic E-state index is 0.0425. The van der Waals surface area contributed by atoms with Crippen LogP contribution in [0.25, 0.3) is 0 Å². The molecule has 0 unspecified atom stereocenters. The van der Waals surface area contributed by atoms with Gasteiger partial charge in [0.25, 0.3) is 0 Å². The van der Waals surface area contributed by atoms with E-state index in [4.69, 9.17) is 0 Å². The van der Waals surface area contributed by atoms with Crippen LogP contribution in [0.15, 0.2) is 17.5 Å². The first-order valence-corrected chi connectivity index (χ1v) is 5.70. The minimum atomic E-state index is 0.0425. The topological polar surface area (TPSA) is 32.3 Å². The van der Waals surface area contributed by atoms with Gasteiger partial charge in [-0.15, -0.1) is 11.3 Å². The van der Waals surface area contributed by atoms with Gasteiger partial charge in [0.1, 0.15) is 0 Å². The predicted molar refractivity (Wildman–Crippen MR) is 57.3 cm³/mol. The molecular weight excluding hydrogens is 196 g/mol. The zero-order valence-corrected chi connectivity index (χ0v) is 9.01. The first-order chi connectivity index (χ1) is 6.81. The smallest absolute Gasteiger partial charge is 0.317 e. The summed E-state index contributed by atoms with van der Waals surface area (Å²) in [6.45, 7) is 0.752. The molecule has 76 valence electrons. The second-order valence-corrected chi connectivity index (χ2v) is 4.53. The molecule has 1 aliphatic carbocycles. The summed E-state index contributed by atoms with van der Waals surface area (Å²) in [7, 11) is 1.69. The Labute approximate surface area is 87.7 Å². The molecule has 1 heterocycles. The molecule has 0 spiro atoms. The maximum atomic E-state index is 11.5. The lowest BCUT2D eigenvalue weighted by atomic mass is 10.4. The summed E-state index contributed by atoms with van der Waals surface area (Å²) in [5.41, 5.74) is 0. The van der Waals surface area contributed by atoms with Gasteiger partial charge >= 0.3 is 6.03 Å². The zero-order valence-electron chi connectivity index (χ0n) is 8.19. The summed E-state index contributed by atoms with van der Waals surface area (Å²) < 4.78 is 0. The molecule has 1 fully saturated rings. The fourth-order valence-electron chi connectivity index (χ4n) is 1.47. The van der Waals surface area contributed by atoms with Crippen LogP contribution in [0.2, 0.25) is 0 Å². The first-order valence-electron chi connectivity index (χ1n) is 4.82. The number of nitrogens with one attached hydrogen (secondary N) is 1. The number of carbonyl (C=O) groups excluding carboxylic acids is 1. The van der Waals surface area contributed by atoms with Gasteiger partial charge in [-0.1, -0.05) is 6.07 Å². The second kappa shape index (κ2) is 4.00. The molecule has 0 aliphatic heterocycles. The summed E-state index contributed by atoms with van der Waals surface area (Å²) in [4.78, 5) is 14.7. The molecule has 1 aromatic rings. The molecule has 2 amide bonds. The van der Waals surface area contributed by atoms with E-state index in [0.29, 0.717) is 6.04 Å². The van der Waals surface area contributed by atoms with Gasteiger partial charge in [-0.05, 0) is 24.3 Å². The SMILES string of the molecule is CNC(=O)N(Cc1cccs1)C1CC1. The van der Waals surface area contributed by atoms with E-state index in [2.05, 4.69) is 11.4 Å². The maximum Gasteiger partial charge on any atom is 0.317 e. The third kappa shape index (κ3) is 2.07. The number of carbonyl (C=O) groups is 1. The number of nitrogens with zero attached hydrogens (tertiary/aromatic N) is 1. The van der Waals surface area contributed by atoms with Crippen molar-refractivity contribution in [3.05, 3.63) is 22.4 Å². The lowest BCUT2D eigenvalue weighted by Gasteiger charge is -2.20. The van der Waals surface area contributed by atoms with Crippen molar-refractivity contribution in [2.24, 2.45) is 0 Å². The Morgan fingerprint density at radius 2 is 2.50 bits per heavy atom. The van der Waals surface area contributed by atoms with Crippen LogP contribution in [-0.4, -0.2) is 24.0 Å². The van der Waals surface area contributed by atoms with Gasteiger partial charge in [-0.3, -0.25) is 0 Å². The number of rotatable bonds is 3. The highest BCUT2D eigenvalue weighted by atomic mass is 32.1. The Balaban J connectivity index is 2.00. The summed E-state index contributed by atoms with van der Waals surface area (Å²) in [6.07, 6.45) is 2.30. The molecule has 0 aromatic carbocycles. The van der Waals surface area contributed by atoms with E-state index in [0.717, 1.165) is 19.4 Å². The van der Waals surface area contributed by atoms with Crippen molar-refractivity contribution in [1.82, 2.24) is 10.2 Å². The Morgan fingerprint density at radius 3 is 3.00 bits per heavy atom. The number of thiophene rings is 1. The van der Waals surface area contributed by atoms with E-state index in [1.165, 1.54) is 4.88 Å². The Hall–Kier alpha value is -1.03. The fourth-order valence-corrected chi connectivity index (χ4v) is 2.17. The van der Waals surface area contributed by atoms with E-state index < -0.39 is 0 Å². The van der Waals surface area contributed by atoms with Crippen molar-refractivity contribution in [2.75, 3.05) is 7.05 Å². The van der Waals surface area contributed by atoms with Gasteiger partial charge in [0, 0.05) is 18.0 Å². The molecule has 3 nitrogen and oxygen atoms in total. The van der Waals surface area contributed by atoms with Gasteiger partial charge in [0.2, 0.25) is 0 Å². The Morgan fingerprint density at radius 1 is 1.71 bits per heavy atom. The average Bonchev–Trinajstić information content (AvgIpc) is 2.92. The molecule has 0 atom stereocenters. The average molecular weight is 210 g/mol. The number of hydrogen-bond donors (Lipinski definition) is 1. The summed E-state index contributed by atoms with van der Waals surface area (Å²) in [5, 5.41) is 4.74. The standard InChI is InChI=1S/C10H14N2OS/c1-11-10(13)12(8-4-5-8)7-9-3-2-6-14-9/h2-3,6,8H,4-5,7H2,1H3,(H,11,13). The summed E-state index contributed by atoms with van der Waals surface area (Å²) >= 11 is 1.70. The van der Waals surface area contributed by atoms with Crippen molar-refractivity contribution in [2.45, 2.75) is 25.4 Å². The molecule has 0 saturated heterocycles. The molecule has 4 heteroatoms. The largest absolute Gasteiger partial charge is 0.341 e. The van der Waals surface area contributed by atoms with E-state index >= 15 is 0 Å². The van der Waals surface area contributed by atoms with Gasteiger partial charge < -0.3 is 10.2 Å². The highest BCUT2D eigenvalue weighted by Gasteiger charge is 2.32. The molecular formula is C10H14N2OS. The van der Waals surface area contributed by atoms with Crippen LogP contribution >= 0.6 is 11.3 Å². The van der Waals surface area contributed by atoms with Crippen LogP contribution in [-0.2, 0) is 6.54 Å². The van der Waals surface area contributed by atoms with Gasteiger partial charge in [-0.25, -0.2) is 4.79 Å². The highest BCUT2D eigenvalue weighted by molar-refractivity contribution is 7.09. The third-order valence-electron chi connectivity index (χ3n) is 2.37. The van der Waals surface area contributed by atoms with Crippen molar-refractivity contribution >= 4 is 17.4 Å². The summed E-state index contributed by atoms with van der Waals surface area (Å²) in [6, 6.07) is 4.61. The first kappa shape index (κ1) is 9.52.